The van der Waals surface area contributed by atoms with E-state index in [-0.39, 0.29) is 10.9 Å². The number of nitrogens with zero attached hydrogens (tertiary/aromatic N) is 2. The molecule has 0 radical (unpaired) electrons. The lowest BCUT2D eigenvalue weighted by Crippen LogP contribution is -2.41. The SMILES string of the molecule is Cc1ccc(S(=O)(=O)NC2=NC(C)CN2Cc2ccccc2)cc1. The van der Waals surface area contributed by atoms with E-state index >= 15 is 0 Å². The van der Waals surface area contributed by atoms with Crippen LogP contribution in [-0.4, -0.2) is 31.9 Å². The molecule has 24 heavy (non-hydrogen) atoms. The van der Waals surface area contributed by atoms with Gasteiger partial charge in [0.15, 0.2) is 0 Å². The van der Waals surface area contributed by atoms with Gasteiger partial charge in [-0.25, -0.2) is 18.1 Å². The molecule has 0 aliphatic carbocycles. The molecule has 1 aliphatic heterocycles. The van der Waals surface area contributed by atoms with E-state index in [1.807, 2.05) is 49.1 Å². The number of benzene rings is 2. The summed E-state index contributed by atoms with van der Waals surface area (Å²) in [5, 5.41) is 0. The Balaban J connectivity index is 1.79. The highest BCUT2D eigenvalue weighted by Crippen LogP contribution is 2.15. The fourth-order valence-electron chi connectivity index (χ4n) is 2.67. The molecule has 0 amide bonds. The second-order valence-corrected chi connectivity index (χ2v) is 7.77. The maximum atomic E-state index is 12.6. The van der Waals surface area contributed by atoms with E-state index in [2.05, 4.69) is 9.71 Å². The molecule has 2 aromatic rings. The van der Waals surface area contributed by atoms with Crippen LogP contribution in [0.15, 0.2) is 64.5 Å². The lowest BCUT2D eigenvalue weighted by atomic mass is 10.2. The van der Waals surface area contributed by atoms with Crippen molar-refractivity contribution in [1.82, 2.24) is 9.62 Å². The van der Waals surface area contributed by atoms with Crippen molar-refractivity contribution in [2.45, 2.75) is 31.3 Å². The van der Waals surface area contributed by atoms with Crippen LogP contribution < -0.4 is 4.72 Å². The summed E-state index contributed by atoms with van der Waals surface area (Å²) < 4.78 is 27.8. The standard InChI is InChI=1S/C18H21N3O2S/c1-14-8-10-17(11-9-14)24(22,23)20-18-19-15(2)12-21(18)13-16-6-4-3-5-7-16/h3-11,15H,12-13H2,1-2H3,(H,19,20). The minimum absolute atomic E-state index is 0.0597. The number of aryl methyl sites for hydroxylation is 1. The van der Waals surface area contributed by atoms with Crippen LogP contribution in [-0.2, 0) is 16.6 Å². The molecular weight excluding hydrogens is 322 g/mol. The molecule has 1 N–H and O–H groups in total. The van der Waals surface area contributed by atoms with Crippen molar-refractivity contribution in [2.75, 3.05) is 6.54 Å². The number of guanidine groups is 1. The average Bonchev–Trinajstić information content (AvgIpc) is 2.87. The van der Waals surface area contributed by atoms with E-state index in [9.17, 15) is 8.42 Å². The zero-order valence-corrected chi connectivity index (χ0v) is 14.6. The second-order valence-electron chi connectivity index (χ2n) is 6.09. The van der Waals surface area contributed by atoms with Crippen molar-refractivity contribution >= 4 is 16.0 Å². The lowest BCUT2D eigenvalue weighted by molar-refractivity contribution is 0.419. The molecule has 0 aromatic heterocycles. The summed E-state index contributed by atoms with van der Waals surface area (Å²) in [7, 11) is -3.63. The average molecular weight is 343 g/mol. The normalized spacial score (nSPS) is 17.7. The summed E-state index contributed by atoms with van der Waals surface area (Å²) in [5.74, 6) is 0.409. The maximum Gasteiger partial charge on any atom is 0.264 e. The van der Waals surface area contributed by atoms with Gasteiger partial charge in [-0.2, -0.15) is 0 Å². The molecule has 0 fully saturated rings. The molecule has 0 saturated heterocycles. The molecule has 1 heterocycles. The molecule has 0 saturated carbocycles. The fraction of sp³-hybridized carbons (Fsp3) is 0.278. The predicted molar refractivity (Wildman–Crippen MR) is 95.2 cm³/mol. The van der Waals surface area contributed by atoms with Crippen LogP contribution in [0.2, 0.25) is 0 Å². The summed E-state index contributed by atoms with van der Waals surface area (Å²) in [4.78, 5) is 6.66. The zero-order chi connectivity index (χ0) is 17.2. The third-order valence-electron chi connectivity index (χ3n) is 3.90. The third kappa shape index (κ3) is 3.76. The number of hydrogen-bond donors (Lipinski definition) is 1. The van der Waals surface area contributed by atoms with Crippen LogP contribution in [0.4, 0.5) is 0 Å². The molecule has 1 aliphatic rings. The van der Waals surface area contributed by atoms with Gasteiger partial charge in [0.05, 0.1) is 10.9 Å². The van der Waals surface area contributed by atoms with Crippen molar-refractivity contribution in [3.63, 3.8) is 0 Å². The number of hydrogen-bond acceptors (Lipinski definition) is 4. The van der Waals surface area contributed by atoms with Crippen LogP contribution in [0.3, 0.4) is 0 Å². The lowest BCUT2D eigenvalue weighted by Gasteiger charge is -2.21. The van der Waals surface area contributed by atoms with E-state index < -0.39 is 10.0 Å². The van der Waals surface area contributed by atoms with Gasteiger partial charge in [-0.3, -0.25) is 0 Å². The molecule has 126 valence electrons. The van der Waals surface area contributed by atoms with E-state index in [4.69, 9.17) is 0 Å². The van der Waals surface area contributed by atoms with Gasteiger partial charge in [0, 0.05) is 13.1 Å². The van der Waals surface area contributed by atoms with Crippen LogP contribution >= 0.6 is 0 Å². The summed E-state index contributed by atoms with van der Waals surface area (Å²) in [5.41, 5.74) is 2.14. The highest BCUT2D eigenvalue weighted by molar-refractivity contribution is 7.90. The Morgan fingerprint density at radius 3 is 2.46 bits per heavy atom. The van der Waals surface area contributed by atoms with Gasteiger partial charge in [0.2, 0.25) is 5.96 Å². The highest BCUT2D eigenvalue weighted by Gasteiger charge is 2.26. The topological polar surface area (TPSA) is 61.8 Å². The van der Waals surface area contributed by atoms with Gasteiger partial charge in [0.25, 0.3) is 10.0 Å². The van der Waals surface area contributed by atoms with E-state index in [1.54, 1.807) is 24.3 Å². The van der Waals surface area contributed by atoms with Crippen molar-refractivity contribution in [3.8, 4) is 0 Å². The summed E-state index contributed by atoms with van der Waals surface area (Å²) in [6, 6.07) is 16.8. The number of rotatable bonds is 4. The molecular formula is C18H21N3O2S. The monoisotopic (exact) mass is 343 g/mol. The maximum absolute atomic E-state index is 12.6. The largest absolute Gasteiger partial charge is 0.336 e. The molecule has 3 rings (SSSR count). The molecule has 0 spiro atoms. The Morgan fingerprint density at radius 1 is 1.12 bits per heavy atom. The predicted octanol–water partition coefficient (Wildman–Crippen LogP) is 2.53. The summed E-state index contributed by atoms with van der Waals surface area (Å²) >= 11 is 0. The third-order valence-corrected chi connectivity index (χ3v) is 5.24. The molecule has 2 aromatic carbocycles. The fourth-order valence-corrected chi connectivity index (χ4v) is 3.70. The van der Waals surface area contributed by atoms with Crippen molar-refractivity contribution in [2.24, 2.45) is 4.99 Å². The Hall–Kier alpha value is -2.34. The molecule has 5 nitrogen and oxygen atoms in total. The van der Waals surface area contributed by atoms with Gasteiger partial charge in [0.1, 0.15) is 0 Å². The first-order valence-electron chi connectivity index (χ1n) is 7.90. The number of sulfonamides is 1. The zero-order valence-electron chi connectivity index (χ0n) is 13.8. The minimum Gasteiger partial charge on any atom is -0.336 e. The molecule has 1 unspecified atom stereocenters. The highest BCUT2D eigenvalue weighted by atomic mass is 32.2. The van der Waals surface area contributed by atoms with Crippen LogP contribution in [0, 0.1) is 6.92 Å². The van der Waals surface area contributed by atoms with Crippen LogP contribution in [0.1, 0.15) is 18.1 Å². The van der Waals surface area contributed by atoms with Crippen molar-refractivity contribution in [1.29, 1.82) is 0 Å². The second kappa shape index (κ2) is 6.65. The van der Waals surface area contributed by atoms with Gasteiger partial charge < -0.3 is 4.90 Å². The van der Waals surface area contributed by atoms with E-state index in [0.717, 1.165) is 11.1 Å². The summed E-state index contributed by atoms with van der Waals surface area (Å²) in [6.07, 6.45) is 0. The minimum atomic E-state index is -3.63. The van der Waals surface area contributed by atoms with E-state index in [0.29, 0.717) is 19.0 Å². The van der Waals surface area contributed by atoms with Gasteiger partial charge in [-0.05, 0) is 31.5 Å². The molecule has 1 atom stereocenters. The number of nitrogens with one attached hydrogen (secondary N) is 1. The Bertz CT molecular complexity index is 830. The van der Waals surface area contributed by atoms with Crippen LogP contribution in [0.25, 0.3) is 0 Å². The first-order chi connectivity index (χ1) is 11.4. The summed E-state index contributed by atoms with van der Waals surface area (Å²) in [6.45, 7) is 5.22. The van der Waals surface area contributed by atoms with E-state index in [1.165, 1.54) is 0 Å². The Kier molecular flexibility index (Phi) is 4.57. The first kappa shape index (κ1) is 16.5. The first-order valence-corrected chi connectivity index (χ1v) is 9.38. The van der Waals surface area contributed by atoms with Gasteiger partial charge >= 0.3 is 0 Å². The number of aliphatic imine (C=N–C) groups is 1. The quantitative estimate of drug-likeness (QED) is 0.928. The van der Waals surface area contributed by atoms with Crippen molar-refractivity contribution < 1.29 is 8.42 Å². The Morgan fingerprint density at radius 2 is 1.79 bits per heavy atom. The van der Waals surface area contributed by atoms with Crippen molar-refractivity contribution in [3.05, 3.63) is 65.7 Å². The van der Waals surface area contributed by atoms with Gasteiger partial charge in [-0.15, -0.1) is 0 Å². The molecule has 0 bridgehead atoms. The molecule has 6 heteroatoms. The van der Waals surface area contributed by atoms with Gasteiger partial charge in [-0.1, -0.05) is 48.0 Å². The van der Waals surface area contributed by atoms with Crippen LogP contribution in [0.5, 0.6) is 0 Å². The Labute approximate surface area is 143 Å². The smallest absolute Gasteiger partial charge is 0.264 e.